The van der Waals surface area contributed by atoms with Gasteiger partial charge in [0.1, 0.15) is 6.10 Å². The molecule has 3 heterocycles. The fraction of sp³-hybridized carbons (Fsp3) is 0.533. The normalized spacial score (nSPS) is 18.0. The van der Waals surface area contributed by atoms with Gasteiger partial charge in [-0.25, -0.2) is 0 Å². The number of nitrogens with one attached hydrogen (secondary N) is 1. The fourth-order valence-corrected chi connectivity index (χ4v) is 3.18. The maximum Gasteiger partial charge on any atom is 0.255 e. The van der Waals surface area contributed by atoms with E-state index >= 15 is 0 Å². The molecule has 1 aliphatic rings. The lowest BCUT2D eigenvalue weighted by atomic mass is 10.1. The third-order valence-corrected chi connectivity index (χ3v) is 4.78. The van der Waals surface area contributed by atoms with Crippen LogP contribution in [0.2, 0.25) is 0 Å². The summed E-state index contributed by atoms with van der Waals surface area (Å²) in [6, 6.07) is 1.93. The van der Waals surface area contributed by atoms with Crippen molar-refractivity contribution in [3.05, 3.63) is 33.6 Å². The summed E-state index contributed by atoms with van der Waals surface area (Å²) in [5, 5.41) is 8.57. The van der Waals surface area contributed by atoms with Gasteiger partial charge in [-0.15, -0.1) is 11.3 Å². The lowest BCUT2D eigenvalue weighted by Crippen LogP contribution is -2.22. The molecule has 0 saturated carbocycles. The monoisotopic (exact) mass is 321 g/mol. The predicted octanol–water partition coefficient (Wildman–Crippen LogP) is 3.04. The molecule has 0 bridgehead atoms. The van der Waals surface area contributed by atoms with E-state index in [1.165, 1.54) is 4.88 Å². The van der Waals surface area contributed by atoms with Crippen molar-refractivity contribution in [3.8, 4) is 0 Å². The van der Waals surface area contributed by atoms with Crippen LogP contribution in [-0.2, 0) is 11.3 Å². The maximum absolute atomic E-state index is 12.1. The molecule has 0 aliphatic carbocycles. The van der Waals surface area contributed by atoms with Crippen molar-refractivity contribution < 1.29 is 14.1 Å². The summed E-state index contributed by atoms with van der Waals surface area (Å²) in [5.74, 6) is 1.28. The van der Waals surface area contributed by atoms with Gasteiger partial charge in [-0.1, -0.05) is 19.0 Å². The van der Waals surface area contributed by atoms with Crippen molar-refractivity contribution in [3.63, 3.8) is 0 Å². The highest BCUT2D eigenvalue weighted by atomic mass is 32.1. The van der Waals surface area contributed by atoms with E-state index in [4.69, 9.17) is 9.26 Å². The maximum atomic E-state index is 12.1. The minimum atomic E-state index is -0.119. The lowest BCUT2D eigenvalue weighted by molar-refractivity contribution is 0.0835. The Morgan fingerprint density at radius 3 is 3.09 bits per heavy atom. The zero-order chi connectivity index (χ0) is 15.5. The predicted molar refractivity (Wildman–Crippen MR) is 81.8 cm³/mol. The molecule has 118 valence electrons. The van der Waals surface area contributed by atoms with Crippen LogP contribution < -0.4 is 5.32 Å². The highest BCUT2D eigenvalue weighted by Crippen LogP contribution is 2.27. The average molecular weight is 321 g/mol. The van der Waals surface area contributed by atoms with E-state index in [0.29, 0.717) is 23.2 Å². The van der Waals surface area contributed by atoms with E-state index in [1.807, 2.05) is 11.4 Å². The van der Waals surface area contributed by atoms with E-state index in [2.05, 4.69) is 29.3 Å². The molecule has 1 saturated heterocycles. The molecular weight excluding hydrogens is 302 g/mol. The first-order valence-corrected chi connectivity index (χ1v) is 8.32. The van der Waals surface area contributed by atoms with Gasteiger partial charge in [0.15, 0.2) is 5.82 Å². The number of carbonyl (C=O) groups is 1. The summed E-state index contributed by atoms with van der Waals surface area (Å²) < 4.78 is 10.7. The minimum absolute atomic E-state index is 0.0950. The molecule has 1 fully saturated rings. The van der Waals surface area contributed by atoms with Gasteiger partial charge in [-0.2, -0.15) is 4.98 Å². The smallest absolute Gasteiger partial charge is 0.255 e. The topological polar surface area (TPSA) is 77.2 Å². The van der Waals surface area contributed by atoms with Crippen LogP contribution in [-0.4, -0.2) is 22.7 Å². The molecule has 1 unspecified atom stereocenters. The Hall–Kier alpha value is -1.73. The summed E-state index contributed by atoms with van der Waals surface area (Å²) in [7, 11) is 0. The van der Waals surface area contributed by atoms with Crippen molar-refractivity contribution in [2.45, 2.75) is 45.3 Å². The number of carbonyl (C=O) groups excluding carboxylic acids is 1. The van der Waals surface area contributed by atoms with Crippen LogP contribution in [0.1, 0.15) is 65.7 Å². The lowest BCUT2D eigenvalue weighted by Gasteiger charge is -2.01. The van der Waals surface area contributed by atoms with Crippen LogP contribution in [0.25, 0.3) is 0 Å². The largest absolute Gasteiger partial charge is 0.368 e. The van der Waals surface area contributed by atoms with Gasteiger partial charge in [0.2, 0.25) is 0 Å². The van der Waals surface area contributed by atoms with Crippen molar-refractivity contribution in [2.24, 2.45) is 0 Å². The van der Waals surface area contributed by atoms with Crippen LogP contribution >= 0.6 is 11.3 Å². The minimum Gasteiger partial charge on any atom is -0.368 e. The first-order valence-electron chi connectivity index (χ1n) is 7.44. The van der Waals surface area contributed by atoms with Crippen LogP contribution in [0.5, 0.6) is 0 Å². The van der Waals surface area contributed by atoms with Gasteiger partial charge in [0, 0.05) is 16.9 Å². The van der Waals surface area contributed by atoms with Gasteiger partial charge in [-0.3, -0.25) is 4.79 Å². The summed E-state index contributed by atoms with van der Waals surface area (Å²) >= 11 is 1.60. The van der Waals surface area contributed by atoms with Gasteiger partial charge < -0.3 is 14.6 Å². The van der Waals surface area contributed by atoms with Crippen molar-refractivity contribution in [1.29, 1.82) is 0 Å². The first kappa shape index (κ1) is 15.2. The van der Waals surface area contributed by atoms with E-state index < -0.39 is 0 Å². The highest BCUT2D eigenvalue weighted by molar-refractivity contribution is 7.10. The van der Waals surface area contributed by atoms with Crippen molar-refractivity contribution in [2.75, 3.05) is 6.61 Å². The molecular formula is C15H19N3O3S. The fourth-order valence-electron chi connectivity index (χ4n) is 2.28. The number of aromatic nitrogens is 2. The quantitative estimate of drug-likeness (QED) is 0.916. The van der Waals surface area contributed by atoms with Gasteiger partial charge in [0.05, 0.1) is 12.1 Å². The molecule has 1 atom stereocenters. The molecule has 2 aromatic rings. The number of rotatable bonds is 5. The van der Waals surface area contributed by atoms with E-state index in [-0.39, 0.29) is 18.6 Å². The standard InChI is InChI=1S/C15H19N3O3S/c1-9(2)12-6-10(8-22-12)14(19)16-7-13-17-15(21-18-13)11-4-3-5-20-11/h6,8-9,11H,3-5,7H2,1-2H3,(H,16,19). The SMILES string of the molecule is CC(C)c1cc(C(=O)NCc2noc(C3CCCO3)n2)cs1. The number of amides is 1. The zero-order valence-electron chi connectivity index (χ0n) is 12.7. The Balaban J connectivity index is 1.56. The Morgan fingerprint density at radius 2 is 2.41 bits per heavy atom. The molecule has 0 spiro atoms. The second-order valence-corrected chi connectivity index (χ2v) is 6.57. The number of hydrogen-bond acceptors (Lipinski definition) is 6. The molecule has 22 heavy (non-hydrogen) atoms. The van der Waals surface area contributed by atoms with Crippen LogP contribution in [0.15, 0.2) is 16.0 Å². The molecule has 1 N–H and O–H groups in total. The van der Waals surface area contributed by atoms with E-state index in [9.17, 15) is 4.79 Å². The molecule has 1 aliphatic heterocycles. The Kier molecular flexibility index (Phi) is 4.54. The summed E-state index contributed by atoms with van der Waals surface area (Å²) in [5.41, 5.74) is 0.677. The van der Waals surface area contributed by atoms with Crippen LogP contribution in [0.4, 0.5) is 0 Å². The Labute approximate surface area is 132 Å². The number of hydrogen-bond donors (Lipinski definition) is 1. The van der Waals surface area contributed by atoms with E-state index in [1.54, 1.807) is 11.3 Å². The van der Waals surface area contributed by atoms with Crippen LogP contribution in [0.3, 0.4) is 0 Å². The molecule has 7 heteroatoms. The Morgan fingerprint density at radius 1 is 1.55 bits per heavy atom. The number of thiophene rings is 1. The summed E-state index contributed by atoms with van der Waals surface area (Å²) in [6.45, 7) is 5.20. The first-order chi connectivity index (χ1) is 10.6. The molecule has 2 aromatic heterocycles. The van der Waals surface area contributed by atoms with Crippen molar-refractivity contribution >= 4 is 17.2 Å². The summed E-state index contributed by atoms with van der Waals surface area (Å²) in [4.78, 5) is 17.6. The second-order valence-electron chi connectivity index (χ2n) is 5.63. The number of ether oxygens (including phenoxy) is 1. The molecule has 0 aromatic carbocycles. The van der Waals surface area contributed by atoms with Gasteiger partial charge >= 0.3 is 0 Å². The summed E-state index contributed by atoms with van der Waals surface area (Å²) in [6.07, 6.45) is 1.82. The molecule has 1 amide bonds. The number of nitrogens with zero attached hydrogens (tertiary/aromatic N) is 2. The molecule has 3 rings (SSSR count). The second kappa shape index (κ2) is 6.58. The van der Waals surface area contributed by atoms with Crippen molar-refractivity contribution in [1.82, 2.24) is 15.5 Å². The molecule has 0 radical (unpaired) electrons. The van der Waals surface area contributed by atoms with Gasteiger partial charge in [-0.05, 0) is 24.8 Å². The average Bonchev–Trinajstić information content (AvgIpc) is 3.23. The third-order valence-electron chi connectivity index (χ3n) is 3.55. The van der Waals surface area contributed by atoms with Gasteiger partial charge in [0.25, 0.3) is 11.8 Å². The highest BCUT2D eigenvalue weighted by Gasteiger charge is 2.23. The van der Waals surface area contributed by atoms with Crippen LogP contribution in [0, 0.1) is 0 Å². The Bertz CT molecular complexity index is 644. The van der Waals surface area contributed by atoms with E-state index in [0.717, 1.165) is 19.4 Å². The molecule has 6 nitrogen and oxygen atoms in total. The zero-order valence-corrected chi connectivity index (χ0v) is 13.5. The third kappa shape index (κ3) is 3.36.